The van der Waals surface area contributed by atoms with Crippen LogP contribution in [0, 0.1) is 13.8 Å². The van der Waals surface area contributed by atoms with Crippen LogP contribution in [0.25, 0.3) is 10.6 Å². The van der Waals surface area contributed by atoms with E-state index >= 15 is 0 Å². The van der Waals surface area contributed by atoms with Crippen LogP contribution < -0.4 is 9.62 Å². The lowest BCUT2D eigenvalue weighted by atomic mass is 10.2. The van der Waals surface area contributed by atoms with Crippen molar-refractivity contribution in [3.63, 3.8) is 0 Å². The lowest BCUT2D eigenvalue weighted by Crippen LogP contribution is -2.38. The minimum absolute atomic E-state index is 0.0304. The summed E-state index contributed by atoms with van der Waals surface area (Å²) in [6.07, 6.45) is 0. The molecule has 174 valence electrons. The number of nitrogens with one attached hydrogen (secondary N) is 1. The highest BCUT2D eigenvalue weighted by Gasteiger charge is 2.27. The second kappa shape index (κ2) is 9.92. The molecule has 0 aliphatic rings. The Bertz CT molecular complexity index is 1400. The van der Waals surface area contributed by atoms with Crippen molar-refractivity contribution in [2.75, 3.05) is 16.2 Å². The van der Waals surface area contributed by atoms with Crippen molar-refractivity contribution in [2.24, 2.45) is 0 Å². The standard InChI is InChI=1S/C24H21ClN4O3S2/c1-16-3-7-18(8-4-16)23-27-28-24(33-23)26-22(30)15-29(20-11-5-17(2)6-12-20)34(31,32)21-13-9-19(25)10-14-21/h3-14H,15H2,1-2H3,(H,26,28,30). The molecule has 1 amide bonds. The van der Waals surface area contributed by atoms with E-state index in [-0.39, 0.29) is 10.0 Å². The van der Waals surface area contributed by atoms with Gasteiger partial charge in [-0.05, 0) is 50.2 Å². The van der Waals surface area contributed by atoms with E-state index in [1.807, 2.05) is 38.1 Å². The number of nitrogens with zero attached hydrogens (tertiary/aromatic N) is 3. The molecule has 0 radical (unpaired) electrons. The number of amides is 1. The lowest BCUT2D eigenvalue weighted by Gasteiger charge is -2.24. The zero-order chi connectivity index (χ0) is 24.3. The highest BCUT2D eigenvalue weighted by atomic mass is 35.5. The minimum Gasteiger partial charge on any atom is -0.299 e. The summed E-state index contributed by atoms with van der Waals surface area (Å²) < 4.78 is 27.9. The molecule has 0 unspecified atom stereocenters. The number of hydrogen-bond donors (Lipinski definition) is 1. The van der Waals surface area contributed by atoms with Crippen molar-refractivity contribution in [1.82, 2.24) is 10.2 Å². The van der Waals surface area contributed by atoms with Gasteiger partial charge < -0.3 is 0 Å². The van der Waals surface area contributed by atoms with Crippen LogP contribution in [0.15, 0.2) is 77.7 Å². The van der Waals surface area contributed by atoms with Crippen LogP contribution in [0.4, 0.5) is 10.8 Å². The van der Waals surface area contributed by atoms with E-state index in [4.69, 9.17) is 11.6 Å². The average Bonchev–Trinajstić information content (AvgIpc) is 3.27. The van der Waals surface area contributed by atoms with Crippen molar-refractivity contribution in [3.8, 4) is 10.6 Å². The number of rotatable bonds is 7. The SMILES string of the molecule is Cc1ccc(-c2nnc(NC(=O)CN(c3ccc(C)cc3)S(=O)(=O)c3ccc(Cl)cc3)s2)cc1. The van der Waals surface area contributed by atoms with Gasteiger partial charge in [0.1, 0.15) is 11.6 Å². The molecule has 0 fully saturated rings. The monoisotopic (exact) mass is 512 g/mol. The molecular formula is C24H21ClN4O3S2. The fourth-order valence-electron chi connectivity index (χ4n) is 3.14. The lowest BCUT2D eigenvalue weighted by molar-refractivity contribution is -0.114. The van der Waals surface area contributed by atoms with Crippen LogP contribution in [0.5, 0.6) is 0 Å². The largest absolute Gasteiger partial charge is 0.299 e. The van der Waals surface area contributed by atoms with Crippen molar-refractivity contribution in [3.05, 3.63) is 88.9 Å². The van der Waals surface area contributed by atoms with Crippen LogP contribution in [0.1, 0.15) is 11.1 Å². The number of aromatic nitrogens is 2. The van der Waals surface area contributed by atoms with Crippen LogP contribution >= 0.6 is 22.9 Å². The van der Waals surface area contributed by atoms with Gasteiger partial charge >= 0.3 is 0 Å². The van der Waals surface area contributed by atoms with E-state index < -0.39 is 22.5 Å². The Kier molecular flexibility index (Phi) is 6.97. The van der Waals surface area contributed by atoms with Gasteiger partial charge in [0.2, 0.25) is 11.0 Å². The fraction of sp³-hybridized carbons (Fsp3) is 0.125. The molecule has 1 aromatic heterocycles. The normalized spacial score (nSPS) is 11.3. The number of aryl methyl sites for hydroxylation is 2. The fourth-order valence-corrected chi connectivity index (χ4v) is 5.45. The maximum atomic E-state index is 13.4. The van der Waals surface area contributed by atoms with E-state index in [1.165, 1.54) is 35.6 Å². The maximum absolute atomic E-state index is 13.4. The average molecular weight is 513 g/mol. The summed E-state index contributed by atoms with van der Waals surface area (Å²) in [7, 11) is -4.03. The number of halogens is 1. The minimum atomic E-state index is -4.03. The summed E-state index contributed by atoms with van der Waals surface area (Å²) in [5.74, 6) is -0.537. The zero-order valence-corrected chi connectivity index (χ0v) is 20.8. The van der Waals surface area contributed by atoms with Gasteiger partial charge in [0.05, 0.1) is 10.6 Å². The highest BCUT2D eigenvalue weighted by Crippen LogP contribution is 2.28. The van der Waals surface area contributed by atoms with Gasteiger partial charge in [-0.3, -0.25) is 14.4 Å². The third-order valence-corrected chi connectivity index (χ3v) is 7.91. The summed E-state index contributed by atoms with van der Waals surface area (Å²) in [5.41, 5.74) is 3.35. The molecule has 0 bridgehead atoms. The Hall–Kier alpha value is -3.27. The predicted molar refractivity (Wildman–Crippen MR) is 136 cm³/mol. The summed E-state index contributed by atoms with van der Waals surface area (Å²) in [6.45, 7) is 3.45. The Labute approximate surface area is 207 Å². The first-order valence-corrected chi connectivity index (χ1v) is 12.9. The molecule has 0 aliphatic heterocycles. The molecule has 0 atom stereocenters. The van der Waals surface area contributed by atoms with Gasteiger partial charge in [0.25, 0.3) is 10.0 Å². The predicted octanol–water partition coefficient (Wildman–Crippen LogP) is 5.31. The third kappa shape index (κ3) is 5.44. The molecule has 7 nitrogen and oxygen atoms in total. The van der Waals surface area contributed by atoms with Crippen molar-refractivity contribution in [1.29, 1.82) is 0 Å². The molecule has 34 heavy (non-hydrogen) atoms. The Morgan fingerprint density at radius 2 is 1.50 bits per heavy atom. The first-order chi connectivity index (χ1) is 16.2. The van der Waals surface area contributed by atoms with Crippen molar-refractivity contribution in [2.45, 2.75) is 18.7 Å². The molecule has 0 saturated carbocycles. The number of hydrogen-bond acceptors (Lipinski definition) is 6. The molecule has 10 heteroatoms. The summed E-state index contributed by atoms with van der Waals surface area (Å²) in [4.78, 5) is 12.9. The molecular weight excluding hydrogens is 492 g/mol. The number of anilines is 2. The Balaban J connectivity index is 1.58. The quantitative estimate of drug-likeness (QED) is 0.362. The molecule has 0 spiro atoms. The maximum Gasteiger partial charge on any atom is 0.264 e. The van der Waals surface area contributed by atoms with Gasteiger partial charge in [0.15, 0.2) is 0 Å². The van der Waals surface area contributed by atoms with Crippen LogP contribution in [0.3, 0.4) is 0 Å². The second-order valence-corrected chi connectivity index (χ2v) is 10.9. The second-order valence-electron chi connectivity index (χ2n) is 7.63. The van der Waals surface area contributed by atoms with Gasteiger partial charge in [-0.15, -0.1) is 10.2 Å². The van der Waals surface area contributed by atoms with Gasteiger partial charge in [-0.2, -0.15) is 0 Å². The molecule has 1 N–H and O–H groups in total. The molecule has 4 aromatic rings. The van der Waals surface area contributed by atoms with E-state index in [0.717, 1.165) is 21.0 Å². The van der Waals surface area contributed by atoms with Crippen LogP contribution in [-0.4, -0.2) is 31.1 Å². The number of sulfonamides is 1. The number of benzene rings is 3. The Morgan fingerprint density at radius 3 is 2.12 bits per heavy atom. The van der Waals surface area contributed by atoms with Crippen molar-refractivity contribution < 1.29 is 13.2 Å². The first-order valence-electron chi connectivity index (χ1n) is 10.3. The topological polar surface area (TPSA) is 92.3 Å². The first kappa shape index (κ1) is 23.9. The third-order valence-electron chi connectivity index (χ3n) is 4.98. The Morgan fingerprint density at radius 1 is 0.912 bits per heavy atom. The molecule has 3 aromatic carbocycles. The summed E-state index contributed by atoms with van der Waals surface area (Å²) in [6, 6.07) is 20.5. The van der Waals surface area contributed by atoms with Crippen LogP contribution in [-0.2, 0) is 14.8 Å². The smallest absolute Gasteiger partial charge is 0.264 e. The van der Waals surface area contributed by atoms with E-state index in [0.29, 0.717) is 15.7 Å². The summed E-state index contributed by atoms with van der Waals surface area (Å²) >= 11 is 7.13. The van der Waals surface area contributed by atoms with Gasteiger partial charge in [-0.1, -0.05) is 70.5 Å². The molecule has 4 rings (SSSR count). The van der Waals surface area contributed by atoms with E-state index in [9.17, 15) is 13.2 Å². The molecule has 0 saturated heterocycles. The number of carbonyl (C=O) groups is 1. The molecule has 1 heterocycles. The molecule has 0 aliphatic carbocycles. The van der Waals surface area contributed by atoms with Crippen molar-refractivity contribution >= 4 is 49.7 Å². The zero-order valence-electron chi connectivity index (χ0n) is 18.4. The van der Waals surface area contributed by atoms with Crippen LogP contribution in [0.2, 0.25) is 5.02 Å². The van der Waals surface area contributed by atoms with E-state index in [2.05, 4.69) is 15.5 Å². The highest BCUT2D eigenvalue weighted by molar-refractivity contribution is 7.92. The number of carbonyl (C=O) groups excluding carboxylic acids is 1. The summed E-state index contributed by atoms with van der Waals surface area (Å²) in [5, 5.41) is 12.2. The van der Waals surface area contributed by atoms with E-state index in [1.54, 1.807) is 24.3 Å². The van der Waals surface area contributed by atoms with Gasteiger partial charge in [-0.25, -0.2) is 8.42 Å². The van der Waals surface area contributed by atoms with Gasteiger partial charge in [0, 0.05) is 10.6 Å².